The molecule has 0 aromatic carbocycles. The molecule has 0 radical (unpaired) electrons. The quantitative estimate of drug-likeness (QED) is 0.660. The predicted molar refractivity (Wildman–Crippen MR) is 61.5 cm³/mol. The van der Waals surface area contributed by atoms with Crippen LogP contribution in [0.15, 0.2) is 0 Å². The number of methoxy groups -OCH3 is 1. The maximum Gasteiger partial charge on any atom is 0.223 e. The number of carbonyl (C=O) groups is 1. The maximum atomic E-state index is 11.5. The van der Waals surface area contributed by atoms with Crippen LogP contribution in [-0.4, -0.2) is 32.2 Å². The van der Waals surface area contributed by atoms with Crippen molar-refractivity contribution in [1.29, 1.82) is 0 Å². The monoisotopic (exact) mass is 216 g/mol. The third-order valence-corrected chi connectivity index (χ3v) is 2.61. The molecule has 4 heteroatoms. The van der Waals surface area contributed by atoms with E-state index >= 15 is 0 Å². The molecule has 0 saturated carbocycles. The fourth-order valence-corrected chi connectivity index (χ4v) is 1.14. The van der Waals surface area contributed by atoms with E-state index in [1.165, 1.54) is 0 Å². The average molecular weight is 216 g/mol. The average Bonchev–Trinajstić information content (AvgIpc) is 2.16. The van der Waals surface area contributed by atoms with E-state index in [0.717, 1.165) is 6.42 Å². The van der Waals surface area contributed by atoms with Crippen LogP contribution < -0.4 is 11.1 Å². The Morgan fingerprint density at radius 1 is 1.40 bits per heavy atom. The minimum Gasteiger partial charge on any atom is -0.383 e. The van der Waals surface area contributed by atoms with Crippen molar-refractivity contribution in [2.24, 2.45) is 17.6 Å². The van der Waals surface area contributed by atoms with E-state index in [2.05, 4.69) is 5.32 Å². The summed E-state index contributed by atoms with van der Waals surface area (Å²) in [5.41, 5.74) is 5.73. The Kier molecular flexibility index (Phi) is 7.34. The zero-order valence-corrected chi connectivity index (χ0v) is 10.2. The summed E-state index contributed by atoms with van der Waals surface area (Å²) in [4.78, 5) is 11.5. The second kappa shape index (κ2) is 7.65. The summed E-state index contributed by atoms with van der Waals surface area (Å²) in [5.74, 6) is 0.538. The molecular weight excluding hydrogens is 192 g/mol. The first-order valence-electron chi connectivity index (χ1n) is 5.51. The molecule has 0 aliphatic heterocycles. The molecule has 0 rings (SSSR count). The van der Waals surface area contributed by atoms with Crippen LogP contribution in [-0.2, 0) is 9.53 Å². The number of ether oxygens (including phenoxy) is 1. The zero-order chi connectivity index (χ0) is 11.8. The van der Waals surface area contributed by atoms with Gasteiger partial charge < -0.3 is 15.8 Å². The van der Waals surface area contributed by atoms with Crippen LogP contribution in [0.1, 0.15) is 27.2 Å². The lowest BCUT2D eigenvalue weighted by molar-refractivity contribution is -0.125. The second-order valence-corrected chi connectivity index (χ2v) is 4.33. The lowest BCUT2D eigenvalue weighted by atomic mass is 9.97. The van der Waals surface area contributed by atoms with Crippen molar-refractivity contribution < 1.29 is 9.53 Å². The Bertz CT molecular complexity index is 183. The number of carbonyl (C=O) groups excluding carboxylic acids is 1. The van der Waals surface area contributed by atoms with Crippen molar-refractivity contribution in [1.82, 2.24) is 5.32 Å². The standard InChI is InChI=1S/C11H24N2O2/c1-8(2)9(3)11(14)13-6-5-10(12)7-15-4/h8-10H,5-7,12H2,1-4H3,(H,13,14). The number of amides is 1. The first-order valence-corrected chi connectivity index (χ1v) is 5.51. The molecule has 0 aliphatic carbocycles. The third kappa shape index (κ3) is 6.47. The maximum absolute atomic E-state index is 11.5. The van der Waals surface area contributed by atoms with E-state index < -0.39 is 0 Å². The number of nitrogens with one attached hydrogen (secondary N) is 1. The molecule has 0 fully saturated rings. The smallest absolute Gasteiger partial charge is 0.223 e. The van der Waals surface area contributed by atoms with E-state index in [1.807, 2.05) is 20.8 Å². The lowest BCUT2D eigenvalue weighted by Crippen LogP contribution is -2.36. The molecule has 0 saturated heterocycles. The molecule has 0 spiro atoms. The second-order valence-electron chi connectivity index (χ2n) is 4.33. The van der Waals surface area contributed by atoms with Gasteiger partial charge in [-0.05, 0) is 12.3 Å². The molecule has 4 nitrogen and oxygen atoms in total. The van der Waals surface area contributed by atoms with E-state index in [1.54, 1.807) is 7.11 Å². The first kappa shape index (κ1) is 14.4. The summed E-state index contributed by atoms with van der Waals surface area (Å²) in [7, 11) is 1.62. The highest BCUT2D eigenvalue weighted by molar-refractivity contribution is 5.78. The molecule has 2 atom stereocenters. The van der Waals surface area contributed by atoms with Crippen LogP contribution in [0.5, 0.6) is 0 Å². The Labute approximate surface area is 92.6 Å². The van der Waals surface area contributed by atoms with E-state index in [9.17, 15) is 4.79 Å². The van der Waals surface area contributed by atoms with Gasteiger partial charge >= 0.3 is 0 Å². The van der Waals surface area contributed by atoms with Gasteiger partial charge in [-0.1, -0.05) is 20.8 Å². The van der Waals surface area contributed by atoms with Crippen LogP contribution in [0.4, 0.5) is 0 Å². The summed E-state index contributed by atoms with van der Waals surface area (Å²) in [6.45, 7) is 7.19. The van der Waals surface area contributed by atoms with Gasteiger partial charge in [0.25, 0.3) is 0 Å². The molecule has 0 aromatic rings. The van der Waals surface area contributed by atoms with Gasteiger partial charge in [0.1, 0.15) is 0 Å². The fraction of sp³-hybridized carbons (Fsp3) is 0.909. The SMILES string of the molecule is COCC(N)CCNC(=O)C(C)C(C)C. The van der Waals surface area contributed by atoms with Crippen LogP contribution in [0.3, 0.4) is 0 Å². The number of rotatable bonds is 7. The van der Waals surface area contributed by atoms with Crippen molar-refractivity contribution in [3.05, 3.63) is 0 Å². The van der Waals surface area contributed by atoms with Gasteiger partial charge in [0.15, 0.2) is 0 Å². The lowest BCUT2D eigenvalue weighted by Gasteiger charge is -2.16. The Morgan fingerprint density at radius 2 is 2.00 bits per heavy atom. The van der Waals surface area contributed by atoms with Crippen LogP contribution in [0.25, 0.3) is 0 Å². The first-order chi connectivity index (χ1) is 6.99. The predicted octanol–water partition coefficient (Wildman–Crippen LogP) is 0.759. The molecule has 0 bridgehead atoms. The van der Waals surface area contributed by atoms with Gasteiger partial charge in [-0.3, -0.25) is 4.79 Å². The third-order valence-electron chi connectivity index (χ3n) is 2.61. The summed E-state index contributed by atoms with van der Waals surface area (Å²) >= 11 is 0. The number of nitrogens with two attached hydrogens (primary N) is 1. The normalized spacial score (nSPS) is 15.1. The molecule has 1 amide bonds. The molecule has 2 unspecified atom stereocenters. The summed E-state index contributed by atoms with van der Waals surface area (Å²) in [6, 6.07) is 0.00431. The Hall–Kier alpha value is -0.610. The molecule has 90 valence electrons. The highest BCUT2D eigenvalue weighted by Gasteiger charge is 2.15. The van der Waals surface area contributed by atoms with Gasteiger partial charge in [0.2, 0.25) is 5.91 Å². The minimum absolute atomic E-state index is 0.00431. The van der Waals surface area contributed by atoms with E-state index in [4.69, 9.17) is 10.5 Å². The van der Waals surface area contributed by atoms with Gasteiger partial charge in [0, 0.05) is 25.6 Å². The van der Waals surface area contributed by atoms with E-state index in [-0.39, 0.29) is 17.9 Å². The summed E-state index contributed by atoms with van der Waals surface area (Å²) in [6.07, 6.45) is 0.754. The number of hydrogen-bond donors (Lipinski definition) is 2. The molecule has 0 heterocycles. The molecule has 0 aliphatic rings. The van der Waals surface area contributed by atoms with Gasteiger partial charge in [-0.2, -0.15) is 0 Å². The Balaban J connectivity index is 3.63. The molecule has 0 aromatic heterocycles. The number of hydrogen-bond acceptors (Lipinski definition) is 3. The van der Waals surface area contributed by atoms with Crippen molar-refractivity contribution in [3.8, 4) is 0 Å². The van der Waals surface area contributed by atoms with Gasteiger partial charge in [0.05, 0.1) is 6.61 Å². The van der Waals surface area contributed by atoms with E-state index in [0.29, 0.717) is 19.1 Å². The van der Waals surface area contributed by atoms with Crippen molar-refractivity contribution in [2.45, 2.75) is 33.2 Å². The van der Waals surface area contributed by atoms with Crippen molar-refractivity contribution in [2.75, 3.05) is 20.3 Å². The van der Waals surface area contributed by atoms with Crippen LogP contribution >= 0.6 is 0 Å². The molecule has 15 heavy (non-hydrogen) atoms. The molecule has 3 N–H and O–H groups in total. The largest absolute Gasteiger partial charge is 0.383 e. The van der Waals surface area contributed by atoms with Crippen molar-refractivity contribution in [3.63, 3.8) is 0 Å². The van der Waals surface area contributed by atoms with Gasteiger partial charge in [-0.25, -0.2) is 0 Å². The zero-order valence-electron chi connectivity index (χ0n) is 10.2. The topological polar surface area (TPSA) is 64.3 Å². The van der Waals surface area contributed by atoms with Gasteiger partial charge in [-0.15, -0.1) is 0 Å². The summed E-state index contributed by atoms with van der Waals surface area (Å²) < 4.78 is 4.91. The summed E-state index contributed by atoms with van der Waals surface area (Å²) in [5, 5.41) is 2.88. The van der Waals surface area contributed by atoms with Crippen molar-refractivity contribution >= 4 is 5.91 Å². The highest BCUT2D eigenvalue weighted by atomic mass is 16.5. The minimum atomic E-state index is 0.00431. The van der Waals surface area contributed by atoms with Crippen LogP contribution in [0.2, 0.25) is 0 Å². The van der Waals surface area contributed by atoms with Crippen LogP contribution in [0, 0.1) is 11.8 Å². The molecular formula is C11H24N2O2. The Morgan fingerprint density at radius 3 is 2.47 bits per heavy atom. The fourth-order valence-electron chi connectivity index (χ4n) is 1.14. The highest BCUT2D eigenvalue weighted by Crippen LogP contribution is 2.08.